The lowest BCUT2D eigenvalue weighted by atomic mass is 9.80. The first-order valence-corrected chi connectivity index (χ1v) is 5.55. The SMILES string of the molecule is CCCNCC1CCCCC1C. The first-order valence-electron chi connectivity index (χ1n) is 5.55. The Morgan fingerprint density at radius 2 is 2.00 bits per heavy atom. The molecule has 1 nitrogen and oxygen atoms in total. The second-order valence-corrected chi connectivity index (χ2v) is 4.23. The van der Waals surface area contributed by atoms with E-state index in [0.717, 1.165) is 11.8 Å². The number of hydrogen-bond donors (Lipinski definition) is 1. The third-order valence-corrected chi connectivity index (χ3v) is 3.12. The van der Waals surface area contributed by atoms with Crippen molar-refractivity contribution in [2.45, 2.75) is 46.0 Å². The van der Waals surface area contributed by atoms with Gasteiger partial charge < -0.3 is 5.32 Å². The van der Waals surface area contributed by atoms with Crippen LogP contribution in [0.5, 0.6) is 0 Å². The highest BCUT2D eigenvalue weighted by molar-refractivity contribution is 4.73. The Bertz CT molecular complexity index is 112. The molecule has 0 bridgehead atoms. The van der Waals surface area contributed by atoms with Gasteiger partial charge in [-0.2, -0.15) is 0 Å². The molecule has 0 heterocycles. The zero-order valence-corrected chi connectivity index (χ0v) is 8.60. The smallest absolute Gasteiger partial charge is 0.00180 e. The largest absolute Gasteiger partial charge is 0.316 e. The Balaban J connectivity index is 2.11. The summed E-state index contributed by atoms with van der Waals surface area (Å²) < 4.78 is 0. The fraction of sp³-hybridized carbons (Fsp3) is 1.00. The molecule has 12 heavy (non-hydrogen) atoms. The van der Waals surface area contributed by atoms with E-state index in [1.165, 1.54) is 45.2 Å². The normalized spacial score (nSPS) is 30.5. The molecule has 0 radical (unpaired) electrons. The molecule has 0 saturated heterocycles. The highest BCUT2D eigenvalue weighted by atomic mass is 14.9. The first-order chi connectivity index (χ1) is 5.84. The summed E-state index contributed by atoms with van der Waals surface area (Å²) in [6, 6.07) is 0. The summed E-state index contributed by atoms with van der Waals surface area (Å²) in [7, 11) is 0. The molecule has 1 fully saturated rings. The fourth-order valence-electron chi connectivity index (χ4n) is 2.16. The van der Waals surface area contributed by atoms with E-state index in [2.05, 4.69) is 19.2 Å². The van der Waals surface area contributed by atoms with Crippen molar-refractivity contribution >= 4 is 0 Å². The molecule has 0 aliphatic heterocycles. The van der Waals surface area contributed by atoms with Gasteiger partial charge in [-0.1, -0.05) is 33.1 Å². The Kier molecular flexibility index (Phi) is 4.67. The summed E-state index contributed by atoms with van der Waals surface area (Å²) in [6.45, 7) is 7.10. The molecule has 0 spiro atoms. The summed E-state index contributed by atoms with van der Waals surface area (Å²) in [6.07, 6.45) is 7.10. The predicted octanol–water partition coefficient (Wildman–Crippen LogP) is 2.81. The van der Waals surface area contributed by atoms with E-state index in [1.807, 2.05) is 0 Å². The average Bonchev–Trinajstić information content (AvgIpc) is 2.09. The Morgan fingerprint density at radius 3 is 2.67 bits per heavy atom. The second kappa shape index (κ2) is 5.58. The van der Waals surface area contributed by atoms with Gasteiger partial charge in [-0.15, -0.1) is 0 Å². The number of rotatable bonds is 4. The summed E-state index contributed by atoms with van der Waals surface area (Å²) in [5, 5.41) is 3.54. The van der Waals surface area contributed by atoms with Gasteiger partial charge in [0.15, 0.2) is 0 Å². The molecular formula is C11H23N. The lowest BCUT2D eigenvalue weighted by Gasteiger charge is -2.28. The van der Waals surface area contributed by atoms with Crippen molar-refractivity contribution in [1.29, 1.82) is 0 Å². The summed E-state index contributed by atoms with van der Waals surface area (Å²) >= 11 is 0. The van der Waals surface area contributed by atoms with Crippen LogP contribution < -0.4 is 5.32 Å². The molecule has 1 aliphatic rings. The lowest BCUT2D eigenvalue weighted by Crippen LogP contribution is -2.29. The Labute approximate surface area is 76.9 Å². The maximum atomic E-state index is 3.54. The third-order valence-electron chi connectivity index (χ3n) is 3.12. The highest BCUT2D eigenvalue weighted by Crippen LogP contribution is 2.28. The van der Waals surface area contributed by atoms with E-state index < -0.39 is 0 Å². The lowest BCUT2D eigenvalue weighted by molar-refractivity contribution is 0.248. The van der Waals surface area contributed by atoms with E-state index in [9.17, 15) is 0 Å². The average molecular weight is 169 g/mol. The van der Waals surface area contributed by atoms with Gasteiger partial charge >= 0.3 is 0 Å². The van der Waals surface area contributed by atoms with Gasteiger partial charge in [-0.25, -0.2) is 0 Å². The first kappa shape index (κ1) is 10.0. The van der Waals surface area contributed by atoms with Gasteiger partial charge in [0, 0.05) is 0 Å². The fourth-order valence-corrected chi connectivity index (χ4v) is 2.16. The van der Waals surface area contributed by atoms with Crippen molar-refractivity contribution in [2.24, 2.45) is 11.8 Å². The third kappa shape index (κ3) is 3.14. The Morgan fingerprint density at radius 1 is 1.25 bits per heavy atom. The molecule has 2 unspecified atom stereocenters. The minimum absolute atomic E-state index is 0.961. The van der Waals surface area contributed by atoms with E-state index in [4.69, 9.17) is 0 Å². The maximum absolute atomic E-state index is 3.54. The molecule has 0 aromatic heterocycles. The van der Waals surface area contributed by atoms with Crippen molar-refractivity contribution in [3.05, 3.63) is 0 Å². The maximum Gasteiger partial charge on any atom is -0.00180 e. The minimum atomic E-state index is 0.961. The van der Waals surface area contributed by atoms with Gasteiger partial charge in [0.05, 0.1) is 0 Å². The van der Waals surface area contributed by atoms with Crippen molar-refractivity contribution in [3.8, 4) is 0 Å². The van der Waals surface area contributed by atoms with Crippen LogP contribution in [0, 0.1) is 11.8 Å². The van der Waals surface area contributed by atoms with Crippen LogP contribution in [0.2, 0.25) is 0 Å². The van der Waals surface area contributed by atoms with Crippen LogP contribution in [0.15, 0.2) is 0 Å². The van der Waals surface area contributed by atoms with Crippen LogP contribution >= 0.6 is 0 Å². The van der Waals surface area contributed by atoms with Crippen molar-refractivity contribution in [3.63, 3.8) is 0 Å². The van der Waals surface area contributed by atoms with E-state index in [0.29, 0.717) is 0 Å². The van der Waals surface area contributed by atoms with E-state index >= 15 is 0 Å². The molecule has 0 aromatic rings. The molecule has 2 atom stereocenters. The van der Waals surface area contributed by atoms with Crippen LogP contribution in [-0.2, 0) is 0 Å². The van der Waals surface area contributed by atoms with Crippen LogP contribution in [0.4, 0.5) is 0 Å². The van der Waals surface area contributed by atoms with Crippen molar-refractivity contribution in [1.82, 2.24) is 5.32 Å². The zero-order chi connectivity index (χ0) is 8.81. The number of nitrogens with one attached hydrogen (secondary N) is 1. The minimum Gasteiger partial charge on any atom is -0.316 e. The summed E-state index contributed by atoms with van der Waals surface area (Å²) in [5.74, 6) is 1.92. The van der Waals surface area contributed by atoms with Crippen LogP contribution in [0.3, 0.4) is 0 Å². The number of hydrogen-bond acceptors (Lipinski definition) is 1. The van der Waals surface area contributed by atoms with Gasteiger partial charge in [-0.3, -0.25) is 0 Å². The topological polar surface area (TPSA) is 12.0 Å². The Hall–Kier alpha value is -0.0400. The van der Waals surface area contributed by atoms with Crippen molar-refractivity contribution < 1.29 is 0 Å². The van der Waals surface area contributed by atoms with Crippen LogP contribution in [0.25, 0.3) is 0 Å². The predicted molar refractivity (Wildman–Crippen MR) is 54.3 cm³/mol. The molecule has 1 N–H and O–H groups in total. The van der Waals surface area contributed by atoms with E-state index in [-0.39, 0.29) is 0 Å². The summed E-state index contributed by atoms with van der Waals surface area (Å²) in [4.78, 5) is 0. The van der Waals surface area contributed by atoms with Gasteiger partial charge in [-0.05, 0) is 37.8 Å². The van der Waals surface area contributed by atoms with Gasteiger partial charge in [0.1, 0.15) is 0 Å². The molecule has 0 amide bonds. The van der Waals surface area contributed by atoms with Gasteiger partial charge in [0.25, 0.3) is 0 Å². The van der Waals surface area contributed by atoms with Crippen LogP contribution in [-0.4, -0.2) is 13.1 Å². The molecule has 1 rings (SSSR count). The molecule has 1 heteroatoms. The standard InChI is InChI=1S/C11H23N/c1-3-8-12-9-11-7-5-4-6-10(11)2/h10-12H,3-9H2,1-2H3. The summed E-state index contributed by atoms with van der Waals surface area (Å²) in [5.41, 5.74) is 0. The highest BCUT2D eigenvalue weighted by Gasteiger charge is 2.20. The van der Waals surface area contributed by atoms with E-state index in [1.54, 1.807) is 0 Å². The molecular weight excluding hydrogens is 146 g/mol. The molecule has 1 aliphatic carbocycles. The molecule has 1 saturated carbocycles. The monoisotopic (exact) mass is 169 g/mol. The zero-order valence-electron chi connectivity index (χ0n) is 8.60. The molecule has 0 aromatic carbocycles. The molecule has 72 valence electrons. The van der Waals surface area contributed by atoms with Crippen LogP contribution in [0.1, 0.15) is 46.0 Å². The quantitative estimate of drug-likeness (QED) is 0.638. The van der Waals surface area contributed by atoms with Gasteiger partial charge in [0.2, 0.25) is 0 Å². The second-order valence-electron chi connectivity index (χ2n) is 4.23. The van der Waals surface area contributed by atoms with Crippen molar-refractivity contribution in [2.75, 3.05) is 13.1 Å².